The SMILES string of the molecule is CCn1ncc(C(=O)N2C[C@@H](COc3ccccc3)[C@H](C3CCN(C(C)=O)CC3)C2)c1C. The van der Waals surface area contributed by atoms with Crippen molar-refractivity contribution in [1.82, 2.24) is 19.6 Å². The van der Waals surface area contributed by atoms with Crippen molar-refractivity contribution in [3.05, 3.63) is 47.8 Å². The van der Waals surface area contributed by atoms with Crippen molar-refractivity contribution < 1.29 is 14.3 Å². The lowest BCUT2D eigenvalue weighted by atomic mass is 9.78. The minimum Gasteiger partial charge on any atom is -0.493 e. The summed E-state index contributed by atoms with van der Waals surface area (Å²) in [5.41, 5.74) is 1.62. The molecule has 4 rings (SSSR count). The highest BCUT2D eigenvalue weighted by Gasteiger charge is 2.41. The third kappa shape index (κ3) is 4.66. The molecule has 0 aliphatic carbocycles. The third-order valence-electron chi connectivity index (χ3n) is 7.21. The molecule has 2 saturated heterocycles. The molecule has 2 aliphatic heterocycles. The van der Waals surface area contributed by atoms with Crippen molar-refractivity contribution in [3.63, 3.8) is 0 Å². The fraction of sp³-hybridized carbons (Fsp3) is 0.560. The molecule has 0 saturated carbocycles. The summed E-state index contributed by atoms with van der Waals surface area (Å²) in [5, 5.41) is 4.36. The molecule has 7 heteroatoms. The van der Waals surface area contributed by atoms with E-state index in [-0.39, 0.29) is 17.7 Å². The lowest BCUT2D eigenvalue weighted by molar-refractivity contribution is -0.130. The molecular formula is C25H34N4O3. The Balaban J connectivity index is 1.48. The average molecular weight is 439 g/mol. The Labute approximate surface area is 190 Å². The van der Waals surface area contributed by atoms with Crippen LogP contribution in [0.25, 0.3) is 0 Å². The Morgan fingerprint density at radius 2 is 1.81 bits per heavy atom. The largest absolute Gasteiger partial charge is 0.493 e. The van der Waals surface area contributed by atoms with E-state index < -0.39 is 0 Å². The Hall–Kier alpha value is -2.83. The van der Waals surface area contributed by atoms with Crippen molar-refractivity contribution >= 4 is 11.8 Å². The molecule has 0 unspecified atom stereocenters. The van der Waals surface area contributed by atoms with Crippen LogP contribution in [0.3, 0.4) is 0 Å². The molecule has 0 radical (unpaired) electrons. The minimum absolute atomic E-state index is 0.0654. The highest BCUT2D eigenvalue weighted by molar-refractivity contribution is 5.95. The molecule has 2 fully saturated rings. The lowest BCUT2D eigenvalue weighted by Crippen LogP contribution is -2.40. The number of likely N-dealkylation sites (tertiary alicyclic amines) is 2. The number of amides is 2. The van der Waals surface area contributed by atoms with Gasteiger partial charge in [-0.2, -0.15) is 5.10 Å². The molecular weight excluding hydrogens is 404 g/mol. The molecule has 0 bridgehead atoms. The van der Waals surface area contributed by atoms with Crippen molar-refractivity contribution in [1.29, 1.82) is 0 Å². The standard InChI is InChI=1S/C25H34N4O3/c1-4-29-18(2)23(14-26-29)25(31)28-15-21(17-32-22-8-6-5-7-9-22)24(16-28)20-10-12-27(13-11-20)19(3)30/h5-9,14,20-21,24H,4,10-13,15-17H2,1-3H3/t21-,24-/m0/s1. The number of benzene rings is 1. The van der Waals surface area contributed by atoms with E-state index in [2.05, 4.69) is 5.10 Å². The van der Waals surface area contributed by atoms with Crippen LogP contribution in [-0.4, -0.2) is 64.2 Å². The Morgan fingerprint density at radius 1 is 1.09 bits per heavy atom. The van der Waals surface area contributed by atoms with Crippen LogP contribution in [0.15, 0.2) is 36.5 Å². The molecule has 7 nitrogen and oxygen atoms in total. The highest BCUT2D eigenvalue weighted by Crippen LogP contribution is 2.37. The van der Waals surface area contributed by atoms with E-state index in [0.717, 1.165) is 50.5 Å². The molecule has 32 heavy (non-hydrogen) atoms. The van der Waals surface area contributed by atoms with Gasteiger partial charge in [0.2, 0.25) is 5.91 Å². The quantitative estimate of drug-likeness (QED) is 0.694. The van der Waals surface area contributed by atoms with Gasteiger partial charge in [0.05, 0.1) is 18.4 Å². The van der Waals surface area contributed by atoms with E-state index in [9.17, 15) is 9.59 Å². The normalized spacial score (nSPS) is 21.7. The molecule has 0 spiro atoms. The van der Waals surface area contributed by atoms with Crippen LogP contribution in [0, 0.1) is 24.7 Å². The van der Waals surface area contributed by atoms with Gasteiger partial charge in [-0.3, -0.25) is 14.3 Å². The van der Waals surface area contributed by atoms with Gasteiger partial charge < -0.3 is 14.5 Å². The summed E-state index contributed by atoms with van der Waals surface area (Å²) in [4.78, 5) is 29.0. The number of hydrogen-bond donors (Lipinski definition) is 0. The molecule has 2 aromatic rings. The van der Waals surface area contributed by atoms with E-state index >= 15 is 0 Å². The number of aryl methyl sites for hydroxylation is 1. The number of aromatic nitrogens is 2. The van der Waals surface area contributed by atoms with Crippen LogP contribution in [0.2, 0.25) is 0 Å². The minimum atomic E-state index is 0.0654. The van der Waals surface area contributed by atoms with Crippen molar-refractivity contribution in [2.24, 2.45) is 17.8 Å². The molecule has 0 N–H and O–H groups in total. The zero-order valence-electron chi connectivity index (χ0n) is 19.4. The molecule has 172 valence electrons. The molecule has 2 amide bonds. The number of para-hydroxylation sites is 1. The Morgan fingerprint density at radius 3 is 2.44 bits per heavy atom. The average Bonchev–Trinajstić information content (AvgIpc) is 3.41. The third-order valence-corrected chi connectivity index (χ3v) is 7.21. The summed E-state index contributed by atoms with van der Waals surface area (Å²) in [6.45, 7) is 10.0. The van der Waals surface area contributed by atoms with Crippen molar-refractivity contribution in [2.45, 2.75) is 40.2 Å². The molecule has 1 aromatic carbocycles. The number of carbonyl (C=O) groups is 2. The maximum Gasteiger partial charge on any atom is 0.257 e. The second-order valence-electron chi connectivity index (χ2n) is 9.06. The second kappa shape index (κ2) is 9.76. The number of ether oxygens (including phenoxy) is 1. The van der Waals surface area contributed by atoms with Crippen LogP contribution in [0.5, 0.6) is 5.75 Å². The number of carbonyl (C=O) groups excluding carboxylic acids is 2. The van der Waals surface area contributed by atoms with Gasteiger partial charge in [-0.25, -0.2) is 0 Å². The number of hydrogen-bond acceptors (Lipinski definition) is 4. The van der Waals surface area contributed by atoms with Gasteiger partial charge in [0.25, 0.3) is 5.91 Å². The second-order valence-corrected chi connectivity index (χ2v) is 9.06. The molecule has 2 atom stereocenters. The zero-order valence-corrected chi connectivity index (χ0v) is 19.4. The highest BCUT2D eigenvalue weighted by atomic mass is 16.5. The lowest BCUT2D eigenvalue weighted by Gasteiger charge is -2.36. The van der Waals surface area contributed by atoms with Gasteiger partial charge in [0.15, 0.2) is 0 Å². The van der Waals surface area contributed by atoms with Gasteiger partial charge in [0.1, 0.15) is 5.75 Å². The van der Waals surface area contributed by atoms with Crippen LogP contribution < -0.4 is 4.74 Å². The van der Waals surface area contributed by atoms with E-state index in [4.69, 9.17) is 4.74 Å². The first-order valence-corrected chi connectivity index (χ1v) is 11.7. The first-order chi connectivity index (χ1) is 15.5. The van der Waals surface area contributed by atoms with Crippen LogP contribution in [0.1, 0.15) is 42.7 Å². The van der Waals surface area contributed by atoms with E-state index in [1.807, 2.05) is 58.7 Å². The summed E-state index contributed by atoms with van der Waals surface area (Å²) in [6.07, 6.45) is 3.68. The zero-order chi connectivity index (χ0) is 22.7. The van der Waals surface area contributed by atoms with Gasteiger partial charge >= 0.3 is 0 Å². The fourth-order valence-electron chi connectivity index (χ4n) is 5.28. The Kier molecular flexibility index (Phi) is 6.82. The predicted molar refractivity (Wildman–Crippen MR) is 122 cm³/mol. The van der Waals surface area contributed by atoms with Gasteiger partial charge in [-0.1, -0.05) is 18.2 Å². The first-order valence-electron chi connectivity index (χ1n) is 11.7. The molecule has 3 heterocycles. The van der Waals surface area contributed by atoms with Gasteiger partial charge in [-0.05, 0) is 50.7 Å². The van der Waals surface area contributed by atoms with E-state index in [1.165, 1.54) is 0 Å². The number of rotatable bonds is 6. The summed E-state index contributed by atoms with van der Waals surface area (Å²) >= 11 is 0. The van der Waals surface area contributed by atoms with Crippen LogP contribution in [0.4, 0.5) is 0 Å². The summed E-state index contributed by atoms with van der Waals surface area (Å²) in [7, 11) is 0. The maximum atomic E-state index is 13.4. The summed E-state index contributed by atoms with van der Waals surface area (Å²) in [5.74, 6) is 2.22. The van der Waals surface area contributed by atoms with Gasteiger partial charge in [-0.15, -0.1) is 0 Å². The summed E-state index contributed by atoms with van der Waals surface area (Å²) < 4.78 is 8.00. The number of piperidine rings is 1. The van der Waals surface area contributed by atoms with E-state index in [1.54, 1.807) is 13.1 Å². The van der Waals surface area contributed by atoms with Crippen LogP contribution in [-0.2, 0) is 11.3 Å². The monoisotopic (exact) mass is 438 g/mol. The van der Waals surface area contributed by atoms with Crippen LogP contribution >= 0.6 is 0 Å². The molecule has 2 aliphatic rings. The predicted octanol–water partition coefficient (Wildman–Crippen LogP) is 3.24. The topological polar surface area (TPSA) is 67.7 Å². The molecule has 1 aromatic heterocycles. The fourth-order valence-corrected chi connectivity index (χ4v) is 5.28. The maximum absolute atomic E-state index is 13.4. The van der Waals surface area contributed by atoms with Crippen molar-refractivity contribution in [2.75, 3.05) is 32.8 Å². The number of nitrogens with zero attached hydrogens (tertiary/aromatic N) is 4. The van der Waals surface area contributed by atoms with E-state index in [0.29, 0.717) is 30.6 Å². The first kappa shape index (κ1) is 22.4. The summed E-state index contributed by atoms with van der Waals surface area (Å²) in [6, 6.07) is 9.88. The smallest absolute Gasteiger partial charge is 0.257 e. The Bertz CT molecular complexity index is 934. The van der Waals surface area contributed by atoms with Gasteiger partial charge in [0, 0.05) is 51.3 Å². The van der Waals surface area contributed by atoms with Crippen molar-refractivity contribution in [3.8, 4) is 5.75 Å².